The van der Waals surface area contributed by atoms with Crippen LogP contribution in [0.15, 0.2) is 24.5 Å². The molecule has 0 bridgehead atoms. The molecule has 2 heterocycles. The molecule has 2 aromatic heterocycles. The van der Waals surface area contributed by atoms with Crippen LogP contribution in [0.3, 0.4) is 0 Å². The van der Waals surface area contributed by atoms with Crippen molar-refractivity contribution in [3.63, 3.8) is 0 Å². The minimum Gasteiger partial charge on any atom is -0.476 e. The van der Waals surface area contributed by atoms with Crippen molar-refractivity contribution in [1.29, 1.82) is 0 Å². The Kier molecular flexibility index (Phi) is 2.89. The van der Waals surface area contributed by atoms with Crippen LogP contribution in [0.5, 0.6) is 0 Å². The third-order valence-corrected chi connectivity index (χ3v) is 3.75. The van der Waals surface area contributed by atoms with Crippen molar-refractivity contribution >= 4 is 5.97 Å². The Morgan fingerprint density at radius 1 is 1.42 bits per heavy atom. The van der Waals surface area contributed by atoms with Crippen molar-refractivity contribution in [2.45, 2.75) is 31.7 Å². The van der Waals surface area contributed by atoms with Crippen LogP contribution in [-0.2, 0) is 7.05 Å². The number of carboxylic acids is 1. The lowest BCUT2D eigenvalue weighted by molar-refractivity contribution is 0.0689. The van der Waals surface area contributed by atoms with E-state index in [1.807, 2.05) is 34.8 Å². The van der Waals surface area contributed by atoms with Crippen LogP contribution in [0.2, 0.25) is 0 Å². The van der Waals surface area contributed by atoms with Crippen molar-refractivity contribution < 1.29 is 9.90 Å². The first-order chi connectivity index (χ1) is 9.15. The molecule has 1 N–H and O–H groups in total. The lowest BCUT2D eigenvalue weighted by atomic mass is 10.2. The fraction of sp³-hybridized carbons (Fsp3) is 0.429. The monoisotopic (exact) mass is 259 g/mol. The van der Waals surface area contributed by atoms with Crippen LogP contribution >= 0.6 is 0 Å². The summed E-state index contributed by atoms with van der Waals surface area (Å²) in [5, 5.41) is 13.4. The lowest BCUT2D eigenvalue weighted by Crippen LogP contribution is -2.09. The molecule has 100 valence electrons. The van der Waals surface area contributed by atoms with Gasteiger partial charge in [-0.15, -0.1) is 0 Å². The van der Waals surface area contributed by atoms with E-state index in [0.29, 0.717) is 6.04 Å². The quantitative estimate of drug-likeness (QED) is 0.921. The van der Waals surface area contributed by atoms with E-state index < -0.39 is 5.97 Å². The van der Waals surface area contributed by atoms with Crippen molar-refractivity contribution in [2.75, 3.05) is 0 Å². The topological polar surface area (TPSA) is 60.1 Å². The zero-order valence-electron chi connectivity index (χ0n) is 10.9. The van der Waals surface area contributed by atoms with Crippen LogP contribution < -0.4 is 0 Å². The predicted molar refractivity (Wildman–Crippen MR) is 71.1 cm³/mol. The zero-order valence-corrected chi connectivity index (χ0v) is 10.9. The summed E-state index contributed by atoms with van der Waals surface area (Å²) in [5.74, 6) is -0.964. The van der Waals surface area contributed by atoms with Gasteiger partial charge in [0.05, 0.1) is 11.7 Å². The number of carbonyl (C=O) groups is 1. The summed E-state index contributed by atoms with van der Waals surface area (Å²) >= 11 is 0. The van der Waals surface area contributed by atoms with Crippen molar-refractivity contribution in [2.24, 2.45) is 7.05 Å². The molecule has 0 saturated heterocycles. The van der Waals surface area contributed by atoms with Gasteiger partial charge < -0.3 is 9.67 Å². The standard InChI is InChI=1S/C14H17N3O2/c1-16-7-6-10(9-16)13-8-12(14(18)19)15-17(13)11-4-2-3-5-11/h6-9,11H,2-5H2,1H3,(H,18,19). The molecule has 5 heteroatoms. The molecule has 1 aliphatic carbocycles. The average Bonchev–Trinajstić information content (AvgIpc) is 3.07. The number of nitrogens with zero attached hydrogens (tertiary/aromatic N) is 3. The van der Waals surface area contributed by atoms with Crippen LogP contribution in [0.1, 0.15) is 42.2 Å². The Bertz CT molecular complexity index is 606. The molecule has 0 aromatic carbocycles. The van der Waals surface area contributed by atoms with Gasteiger partial charge in [0.15, 0.2) is 5.69 Å². The van der Waals surface area contributed by atoms with Crippen LogP contribution in [0.4, 0.5) is 0 Å². The number of aromatic nitrogens is 3. The van der Waals surface area contributed by atoms with Gasteiger partial charge in [0.2, 0.25) is 0 Å². The molecule has 19 heavy (non-hydrogen) atoms. The molecular formula is C14H17N3O2. The molecule has 0 unspecified atom stereocenters. The molecule has 0 amide bonds. The van der Waals surface area contributed by atoms with Gasteiger partial charge >= 0.3 is 5.97 Å². The fourth-order valence-electron chi connectivity index (χ4n) is 2.80. The summed E-state index contributed by atoms with van der Waals surface area (Å²) in [6, 6.07) is 4.01. The van der Waals surface area contributed by atoms with E-state index in [1.165, 1.54) is 12.8 Å². The van der Waals surface area contributed by atoms with Gasteiger partial charge in [-0.05, 0) is 25.0 Å². The highest BCUT2D eigenvalue weighted by atomic mass is 16.4. The number of hydrogen-bond donors (Lipinski definition) is 1. The molecule has 3 rings (SSSR count). The summed E-state index contributed by atoms with van der Waals surface area (Å²) in [5.41, 5.74) is 2.06. The van der Waals surface area contributed by atoms with E-state index in [2.05, 4.69) is 5.10 Å². The van der Waals surface area contributed by atoms with Crippen LogP contribution in [-0.4, -0.2) is 25.4 Å². The molecule has 2 aromatic rings. The average molecular weight is 259 g/mol. The highest BCUT2D eigenvalue weighted by molar-refractivity contribution is 5.87. The summed E-state index contributed by atoms with van der Waals surface area (Å²) in [4.78, 5) is 11.1. The highest BCUT2D eigenvalue weighted by Gasteiger charge is 2.23. The Morgan fingerprint density at radius 3 is 2.74 bits per heavy atom. The first-order valence-corrected chi connectivity index (χ1v) is 6.60. The first-order valence-electron chi connectivity index (χ1n) is 6.60. The summed E-state index contributed by atoms with van der Waals surface area (Å²) in [6.45, 7) is 0. The SMILES string of the molecule is Cn1ccc(-c2cc(C(=O)O)nn2C2CCCC2)c1. The van der Waals surface area contributed by atoms with E-state index in [9.17, 15) is 4.79 Å². The molecule has 1 aliphatic rings. The highest BCUT2D eigenvalue weighted by Crippen LogP contribution is 2.33. The second-order valence-corrected chi connectivity index (χ2v) is 5.17. The van der Waals surface area contributed by atoms with Gasteiger partial charge in [-0.3, -0.25) is 4.68 Å². The molecule has 0 atom stereocenters. The smallest absolute Gasteiger partial charge is 0.356 e. The lowest BCUT2D eigenvalue weighted by Gasteiger charge is -2.13. The van der Waals surface area contributed by atoms with Gasteiger partial charge in [-0.25, -0.2) is 4.79 Å². The maximum absolute atomic E-state index is 11.1. The zero-order chi connectivity index (χ0) is 13.4. The van der Waals surface area contributed by atoms with Crippen molar-refractivity contribution in [1.82, 2.24) is 14.3 Å². The third-order valence-electron chi connectivity index (χ3n) is 3.75. The Hall–Kier alpha value is -2.04. The van der Waals surface area contributed by atoms with E-state index in [0.717, 1.165) is 24.1 Å². The maximum Gasteiger partial charge on any atom is 0.356 e. The summed E-state index contributed by atoms with van der Waals surface area (Å²) < 4.78 is 3.87. The van der Waals surface area contributed by atoms with E-state index in [-0.39, 0.29) is 5.69 Å². The fourth-order valence-corrected chi connectivity index (χ4v) is 2.80. The summed E-state index contributed by atoms with van der Waals surface area (Å²) in [6.07, 6.45) is 8.51. The van der Waals surface area contributed by atoms with Crippen molar-refractivity contribution in [3.05, 3.63) is 30.2 Å². The Morgan fingerprint density at radius 2 is 2.16 bits per heavy atom. The normalized spacial score (nSPS) is 16.1. The molecular weight excluding hydrogens is 242 g/mol. The van der Waals surface area contributed by atoms with Gasteiger partial charge in [0.25, 0.3) is 0 Å². The molecule has 1 fully saturated rings. The molecule has 5 nitrogen and oxygen atoms in total. The largest absolute Gasteiger partial charge is 0.476 e. The van der Waals surface area contributed by atoms with Crippen LogP contribution in [0, 0.1) is 0 Å². The summed E-state index contributed by atoms with van der Waals surface area (Å²) in [7, 11) is 1.96. The maximum atomic E-state index is 11.1. The van der Waals surface area contributed by atoms with Crippen molar-refractivity contribution in [3.8, 4) is 11.3 Å². The minimum atomic E-state index is -0.964. The number of hydrogen-bond acceptors (Lipinski definition) is 2. The number of aromatic carboxylic acids is 1. The van der Waals surface area contributed by atoms with E-state index in [4.69, 9.17) is 5.11 Å². The van der Waals surface area contributed by atoms with Gasteiger partial charge in [-0.2, -0.15) is 5.10 Å². The second kappa shape index (κ2) is 4.57. The number of carboxylic acid groups (broad SMARTS) is 1. The van der Waals surface area contributed by atoms with E-state index in [1.54, 1.807) is 6.07 Å². The van der Waals surface area contributed by atoms with Gasteiger partial charge in [0, 0.05) is 25.0 Å². The molecule has 1 saturated carbocycles. The van der Waals surface area contributed by atoms with Crippen LogP contribution in [0.25, 0.3) is 11.3 Å². The predicted octanol–water partition coefficient (Wildman–Crippen LogP) is 2.70. The Labute approximate surface area is 111 Å². The second-order valence-electron chi connectivity index (χ2n) is 5.17. The van der Waals surface area contributed by atoms with Gasteiger partial charge in [-0.1, -0.05) is 12.8 Å². The molecule has 0 aliphatic heterocycles. The first kappa shape index (κ1) is 12.0. The molecule has 0 radical (unpaired) electrons. The van der Waals surface area contributed by atoms with E-state index >= 15 is 0 Å². The number of rotatable bonds is 3. The number of aryl methyl sites for hydroxylation is 1. The third kappa shape index (κ3) is 2.16. The molecule has 0 spiro atoms. The van der Waals surface area contributed by atoms with Gasteiger partial charge in [0.1, 0.15) is 0 Å². The Balaban J connectivity index is 2.07. The minimum absolute atomic E-state index is 0.130.